The van der Waals surface area contributed by atoms with E-state index < -0.39 is 0 Å². The number of piperidine rings is 1. The van der Waals surface area contributed by atoms with Gasteiger partial charge < -0.3 is 10.2 Å². The first kappa shape index (κ1) is 13.6. The van der Waals surface area contributed by atoms with Crippen molar-refractivity contribution in [3.63, 3.8) is 0 Å². The monoisotopic (exact) mass is 246 g/mol. The molecule has 1 aromatic rings. The molecule has 0 aromatic heterocycles. The normalized spacial score (nSPS) is 18.4. The summed E-state index contributed by atoms with van der Waals surface area (Å²) in [6, 6.07) is 9.74. The Balaban J connectivity index is 1.79. The van der Waals surface area contributed by atoms with Gasteiger partial charge in [-0.3, -0.25) is 0 Å². The maximum absolute atomic E-state index is 3.68. The van der Waals surface area contributed by atoms with Crippen molar-refractivity contribution < 1.29 is 0 Å². The van der Waals surface area contributed by atoms with Crippen molar-refractivity contribution in [3.05, 3.63) is 35.4 Å². The van der Waals surface area contributed by atoms with Crippen LogP contribution >= 0.6 is 0 Å². The first-order valence-corrected chi connectivity index (χ1v) is 7.16. The van der Waals surface area contributed by atoms with Gasteiger partial charge in [0.2, 0.25) is 0 Å². The zero-order valence-corrected chi connectivity index (χ0v) is 11.9. The molecule has 1 heterocycles. The number of hydrogen-bond acceptors (Lipinski definition) is 2. The van der Waals surface area contributed by atoms with Crippen molar-refractivity contribution in [2.75, 3.05) is 20.1 Å². The smallest absolute Gasteiger partial charge is 0.0208 e. The Bertz CT molecular complexity index is 348. The third-order valence-corrected chi connectivity index (χ3v) is 3.96. The molecule has 0 amide bonds. The Morgan fingerprint density at radius 3 is 2.33 bits per heavy atom. The fourth-order valence-corrected chi connectivity index (χ4v) is 2.50. The summed E-state index contributed by atoms with van der Waals surface area (Å²) in [6.07, 6.45) is 2.56. The van der Waals surface area contributed by atoms with Crippen LogP contribution in [0.4, 0.5) is 0 Å². The van der Waals surface area contributed by atoms with Crippen LogP contribution in [0, 0.1) is 0 Å². The van der Waals surface area contributed by atoms with Crippen LogP contribution in [0.25, 0.3) is 0 Å². The van der Waals surface area contributed by atoms with Crippen molar-refractivity contribution in [3.8, 4) is 0 Å². The largest absolute Gasteiger partial charge is 0.310 e. The van der Waals surface area contributed by atoms with Gasteiger partial charge in [-0.25, -0.2) is 0 Å². The minimum absolute atomic E-state index is 0.626. The van der Waals surface area contributed by atoms with E-state index >= 15 is 0 Å². The second kappa shape index (κ2) is 6.35. The van der Waals surface area contributed by atoms with Gasteiger partial charge in [0, 0.05) is 12.6 Å². The highest BCUT2D eigenvalue weighted by Gasteiger charge is 2.15. The highest BCUT2D eigenvalue weighted by molar-refractivity contribution is 5.24. The van der Waals surface area contributed by atoms with Crippen LogP contribution in [0.15, 0.2) is 24.3 Å². The summed E-state index contributed by atoms with van der Waals surface area (Å²) in [5, 5.41) is 3.68. The van der Waals surface area contributed by atoms with Crippen molar-refractivity contribution in [2.45, 2.75) is 45.2 Å². The summed E-state index contributed by atoms with van der Waals surface area (Å²) < 4.78 is 0. The van der Waals surface area contributed by atoms with Gasteiger partial charge in [0.25, 0.3) is 0 Å². The van der Waals surface area contributed by atoms with E-state index in [0.717, 1.165) is 6.54 Å². The van der Waals surface area contributed by atoms with Crippen LogP contribution in [0.3, 0.4) is 0 Å². The lowest BCUT2D eigenvalue weighted by Crippen LogP contribution is -2.40. The SMILES string of the molecule is CC(C)c1ccc(CNC2CCN(C)CC2)cc1. The molecule has 1 N–H and O–H groups in total. The van der Waals surface area contributed by atoms with Crippen molar-refractivity contribution in [1.29, 1.82) is 0 Å². The lowest BCUT2D eigenvalue weighted by molar-refractivity contribution is 0.234. The molecule has 0 unspecified atom stereocenters. The fourth-order valence-electron chi connectivity index (χ4n) is 2.50. The Morgan fingerprint density at radius 2 is 1.78 bits per heavy atom. The summed E-state index contributed by atoms with van der Waals surface area (Å²) in [6.45, 7) is 7.94. The summed E-state index contributed by atoms with van der Waals surface area (Å²) >= 11 is 0. The molecule has 2 nitrogen and oxygen atoms in total. The Hall–Kier alpha value is -0.860. The van der Waals surface area contributed by atoms with Gasteiger partial charge in [-0.05, 0) is 50.0 Å². The Labute approximate surface area is 111 Å². The molecule has 18 heavy (non-hydrogen) atoms. The minimum Gasteiger partial charge on any atom is -0.310 e. The molecule has 1 aliphatic rings. The average Bonchev–Trinajstić information content (AvgIpc) is 2.38. The molecular formula is C16H26N2. The third-order valence-electron chi connectivity index (χ3n) is 3.96. The molecule has 1 saturated heterocycles. The van der Waals surface area contributed by atoms with Gasteiger partial charge in [-0.15, -0.1) is 0 Å². The minimum atomic E-state index is 0.626. The van der Waals surface area contributed by atoms with Gasteiger partial charge in [-0.2, -0.15) is 0 Å². The second-order valence-corrected chi connectivity index (χ2v) is 5.85. The van der Waals surface area contributed by atoms with Gasteiger partial charge in [0.1, 0.15) is 0 Å². The van der Waals surface area contributed by atoms with E-state index in [1.807, 2.05) is 0 Å². The van der Waals surface area contributed by atoms with Gasteiger partial charge in [0.05, 0.1) is 0 Å². The van der Waals surface area contributed by atoms with E-state index in [2.05, 4.69) is 55.4 Å². The molecule has 1 fully saturated rings. The molecule has 0 radical (unpaired) electrons. The summed E-state index contributed by atoms with van der Waals surface area (Å²) in [5.74, 6) is 0.626. The molecule has 0 atom stereocenters. The van der Waals surface area contributed by atoms with E-state index in [1.54, 1.807) is 0 Å². The lowest BCUT2D eigenvalue weighted by atomic mass is 10.0. The number of nitrogens with zero attached hydrogens (tertiary/aromatic N) is 1. The van der Waals surface area contributed by atoms with Crippen LogP contribution in [-0.2, 0) is 6.54 Å². The number of likely N-dealkylation sites (tertiary alicyclic amines) is 1. The summed E-state index contributed by atoms with van der Waals surface area (Å²) in [5.41, 5.74) is 2.83. The standard InChI is InChI=1S/C16H26N2/c1-13(2)15-6-4-14(5-7-15)12-17-16-8-10-18(3)11-9-16/h4-7,13,16-17H,8-12H2,1-3H3. The van der Waals surface area contributed by atoms with Crippen LogP contribution in [-0.4, -0.2) is 31.1 Å². The fraction of sp³-hybridized carbons (Fsp3) is 0.625. The number of rotatable bonds is 4. The van der Waals surface area contributed by atoms with E-state index in [4.69, 9.17) is 0 Å². The second-order valence-electron chi connectivity index (χ2n) is 5.85. The molecular weight excluding hydrogens is 220 g/mol. The molecule has 2 rings (SSSR count). The zero-order chi connectivity index (χ0) is 13.0. The lowest BCUT2D eigenvalue weighted by Gasteiger charge is -2.29. The maximum atomic E-state index is 3.68. The number of benzene rings is 1. The van der Waals surface area contributed by atoms with E-state index in [0.29, 0.717) is 12.0 Å². The predicted octanol–water partition coefficient (Wildman–Crippen LogP) is 2.99. The van der Waals surface area contributed by atoms with Crippen LogP contribution < -0.4 is 5.32 Å². The Kier molecular flexibility index (Phi) is 4.79. The van der Waals surface area contributed by atoms with Crippen molar-refractivity contribution in [1.82, 2.24) is 10.2 Å². The summed E-state index contributed by atoms with van der Waals surface area (Å²) in [4.78, 5) is 2.41. The van der Waals surface area contributed by atoms with E-state index in [1.165, 1.54) is 37.1 Å². The molecule has 0 aliphatic carbocycles. The third kappa shape index (κ3) is 3.82. The highest BCUT2D eigenvalue weighted by atomic mass is 15.1. The molecule has 0 bridgehead atoms. The number of hydrogen-bond donors (Lipinski definition) is 1. The first-order chi connectivity index (χ1) is 8.65. The maximum Gasteiger partial charge on any atom is 0.0208 e. The van der Waals surface area contributed by atoms with Crippen molar-refractivity contribution >= 4 is 0 Å². The van der Waals surface area contributed by atoms with E-state index in [9.17, 15) is 0 Å². The molecule has 0 spiro atoms. The first-order valence-electron chi connectivity index (χ1n) is 7.16. The molecule has 0 saturated carbocycles. The average molecular weight is 246 g/mol. The number of nitrogens with one attached hydrogen (secondary N) is 1. The van der Waals surface area contributed by atoms with E-state index in [-0.39, 0.29) is 0 Å². The summed E-state index contributed by atoms with van der Waals surface area (Å²) in [7, 11) is 2.21. The van der Waals surface area contributed by atoms with Crippen LogP contribution in [0.1, 0.15) is 43.7 Å². The molecule has 1 aromatic carbocycles. The molecule has 2 heteroatoms. The van der Waals surface area contributed by atoms with Crippen LogP contribution in [0.2, 0.25) is 0 Å². The van der Waals surface area contributed by atoms with Gasteiger partial charge in [-0.1, -0.05) is 38.1 Å². The predicted molar refractivity (Wildman–Crippen MR) is 77.9 cm³/mol. The zero-order valence-electron chi connectivity index (χ0n) is 11.9. The van der Waals surface area contributed by atoms with Gasteiger partial charge in [0.15, 0.2) is 0 Å². The highest BCUT2D eigenvalue weighted by Crippen LogP contribution is 2.15. The van der Waals surface area contributed by atoms with Crippen molar-refractivity contribution in [2.24, 2.45) is 0 Å². The quantitative estimate of drug-likeness (QED) is 0.878. The van der Waals surface area contributed by atoms with Crippen LogP contribution in [0.5, 0.6) is 0 Å². The topological polar surface area (TPSA) is 15.3 Å². The Morgan fingerprint density at radius 1 is 1.17 bits per heavy atom. The van der Waals surface area contributed by atoms with Gasteiger partial charge >= 0.3 is 0 Å². The molecule has 1 aliphatic heterocycles. The molecule has 100 valence electrons.